The molecule has 1 amide bonds. The molecule has 1 fully saturated rings. The number of amides is 1. The number of hydrogen-bond donors (Lipinski definition) is 1. The lowest BCUT2D eigenvalue weighted by Crippen LogP contribution is -2.45. The zero-order chi connectivity index (χ0) is 16.4. The Labute approximate surface area is 141 Å². The summed E-state index contributed by atoms with van der Waals surface area (Å²) < 4.78 is 7.49. The molecule has 1 saturated carbocycles. The number of aromatic nitrogens is 1. The maximum Gasteiger partial charge on any atom is 0.267 e. The smallest absolute Gasteiger partial charge is 0.267 e. The second-order valence-electron chi connectivity index (χ2n) is 6.47. The third-order valence-corrected chi connectivity index (χ3v) is 5.13. The second kappa shape index (κ2) is 6.54. The van der Waals surface area contributed by atoms with E-state index in [9.17, 15) is 4.79 Å². The highest BCUT2D eigenvalue weighted by molar-refractivity contribution is 6.31. The predicted octanol–water partition coefficient (Wildman–Crippen LogP) is 3.77. The quantitative estimate of drug-likeness (QED) is 0.874. The Hall–Kier alpha value is -1.52. The molecule has 1 aliphatic carbocycles. The van der Waals surface area contributed by atoms with Gasteiger partial charge < -0.3 is 14.6 Å². The topological polar surface area (TPSA) is 43.3 Å². The SMILES string of the molecule is CCOCC1(CNC(=O)c2cc3ccc(Cl)cc3n2C)CCC1. The minimum Gasteiger partial charge on any atom is -0.381 e. The van der Waals surface area contributed by atoms with Crippen LogP contribution >= 0.6 is 11.6 Å². The zero-order valence-corrected chi connectivity index (χ0v) is 14.4. The first kappa shape index (κ1) is 16.3. The Morgan fingerprint density at radius 2 is 2.17 bits per heavy atom. The number of fused-ring (bicyclic) bond motifs is 1. The van der Waals surface area contributed by atoms with E-state index in [1.54, 1.807) is 0 Å². The van der Waals surface area contributed by atoms with Crippen LogP contribution in [0.4, 0.5) is 0 Å². The van der Waals surface area contributed by atoms with Gasteiger partial charge in [-0.1, -0.05) is 24.1 Å². The van der Waals surface area contributed by atoms with Crippen LogP contribution < -0.4 is 5.32 Å². The van der Waals surface area contributed by atoms with Crippen molar-refractivity contribution >= 4 is 28.4 Å². The highest BCUT2D eigenvalue weighted by Gasteiger charge is 2.37. The third kappa shape index (κ3) is 3.24. The third-order valence-electron chi connectivity index (χ3n) is 4.89. The van der Waals surface area contributed by atoms with Crippen LogP contribution in [0.1, 0.15) is 36.7 Å². The van der Waals surface area contributed by atoms with Gasteiger partial charge in [0.05, 0.1) is 6.61 Å². The van der Waals surface area contributed by atoms with E-state index >= 15 is 0 Å². The molecule has 4 nitrogen and oxygen atoms in total. The van der Waals surface area contributed by atoms with E-state index < -0.39 is 0 Å². The number of ether oxygens (including phenoxy) is 1. The normalized spacial score (nSPS) is 16.3. The molecule has 1 aromatic heterocycles. The molecule has 124 valence electrons. The standard InChI is InChI=1S/C18H23ClN2O2/c1-3-23-12-18(7-4-8-18)11-20-17(22)16-9-13-5-6-14(19)10-15(13)21(16)2/h5-6,9-10H,3-4,7-8,11-12H2,1-2H3,(H,20,22). The van der Waals surface area contributed by atoms with Crippen molar-refractivity contribution in [1.29, 1.82) is 0 Å². The average molecular weight is 335 g/mol. The van der Waals surface area contributed by atoms with Crippen molar-refractivity contribution < 1.29 is 9.53 Å². The fourth-order valence-corrected chi connectivity index (χ4v) is 3.41. The van der Waals surface area contributed by atoms with Crippen LogP contribution in [-0.2, 0) is 11.8 Å². The van der Waals surface area contributed by atoms with Gasteiger partial charge in [0, 0.05) is 41.5 Å². The molecule has 1 aromatic carbocycles. The van der Waals surface area contributed by atoms with Gasteiger partial charge >= 0.3 is 0 Å². The van der Waals surface area contributed by atoms with Crippen LogP contribution in [0.3, 0.4) is 0 Å². The van der Waals surface area contributed by atoms with Crippen molar-refractivity contribution in [2.24, 2.45) is 12.5 Å². The van der Waals surface area contributed by atoms with Crippen LogP contribution in [0.2, 0.25) is 5.02 Å². The molecule has 0 aliphatic heterocycles. The van der Waals surface area contributed by atoms with Crippen LogP contribution in [0.15, 0.2) is 24.3 Å². The van der Waals surface area contributed by atoms with Crippen molar-refractivity contribution in [3.8, 4) is 0 Å². The Morgan fingerprint density at radius 3 is 2.83 bits per heavy atom. The van der Waals surface area contributed by atoms with Crippen LogP contribution in [-0.4, -0.2) is 30.2 Å². The van der Waals surface area contributed by atoms with Gasteiger partial charge in [0.1, 0.15) is 5.69 Å². The molecule has 0 saturated heterocycles. The van der Waals surface area contributed by atoms with E-state index in [4.69, 9.17) is 16.3 Å². The highest BCUT2D eigenvalue weighted by Crippen LogP contribution is 2.40. The summed E-state index contributed by atoms with van der Waals surface area (Å²) in [4.78, 5) is 12.6. The lowest BCUT2D eigenvalue weighted by atomic mass is 9.69. The number of nitrogens with zero attached hydrogens (tertiary/aromatic N) is 1. The lowest BCUT2D eigenvalue weighted by molar-refractivity contribution is -0.000231. The minimum atomic E-state index is -0.0393. The number of aryl methyl sites for hydroxylation is 1. The van der Waals surface area contributed by atoms with E-state index in [-0.39, 0.29) is 11.3 Å². The van der Waals surface area contributed by atoms with Crippen LogP contribution in [0.25, 0.3) is 10.9 Å². The van der Waals surface area contributed by atoms with Crippen LogP contribution in [0.5, 0.6) is 0 Å². The first-order valence-corrected chi connectivity index (χ1v) is 8.53. The van der Waals surface area contributed by atoms with E-state index in [1.807, 2.05) is 42.8 Å². The maximum absolute atomic E-state index is 12.6. The lowest BCUT2D eigenvalue weighted by Gasteiger charge is -2.41. The number of carbonyl (C=O) groups excluding carboxylic acids is 1. The van der Waals surface area contributed by atoms with Gasteiger partial charge in [0.2, 0.25) is 0 Å². The second-order valence-corrected chi connectivity index (χ2v) is 6.90. The molecule has 0 atom stereocenters. The summed E-state index contributed by atoms with van der Waals surface area (Å²) in [6, 6.07) is 7.58. The fraction of sp³-hybridized carbons (Fsp3) is 0.500. The van der Waals surface area contributed by atoms with Gasteiger partial charge in [-0.05, 0) is 38.0 Å². The van der Waals surface area contributed by atoms with E-state index in [0.29, 0.717) is 17.3 Å². The largest absolute Gasteiger partial charge is 0.381 e. The molecule has 0 unspecified atom stereocenters. The minimum absolute atomic E-state index is 0.0393. The van der Waals surface area contributed by atoms with Gasteiger partial charge in [0.15, 0.2) is 0 Å². The summed E-state index contributed by atoms with van der Waals surface area (Å²) in [5.41, 5.74) is 1.75. The molecule has 1 N–H and O–H groups in total. The van der Waals surface area contributed by atoms with Gasteiger partial charge in [0.25, 0.3) is 5.91 Å². The van der Waals surface area contributed by atoms with Crippen molar-refractivity contribution in [2.75, 3.05) is 19.8 Å². The number of nitrogens with one attached hydrogen (secondary N) is 1. The molecule has 5 heteroatoms. The molecule has 1 heterocycles. The molecular weight excluding hydrogens is 312 g/mol. The summed E-state index contributed by atoms with van der Waals surface area (Å²) in [6.45, 7) is 4.13. The first-order valence-electron chi connectivity index (χ1n) is 8.16. The molecule has 1 aliphatic rings. The first-order chi connectivity index (χ1) is 11.0. The summed E-state index contributed by atoms with van der Waals surface area (Å²) in [7, 11) is 1.90. The fourth-order valence-electron chi connectivity index (χ4n) is 3.25. The molecule has 23 heavy (non-hydrogen) atoms. The number of benzene rings is 1. The molecular formula is C18H23ClN2O2. The number of halogens is 1. The molecule has 0 bridgehead atoms. The van der Waals surface area contributed by atoms with Crippen LogP contribution in [0, 0.1) is 5.41 Å². The number of carbonyl (C=O) groups is 1. The van der Waals surface area contributed by atoms with Crippen molar-refractivity contribution in [1.82, 2.24) is 9.88 Å². The predicted molar refractivity (Wildman–Crippen MR) is 93.0 cm³/mol. The van der Waals surface area contributed by atoms with E-state index in [0.717, 1.165) is 37.0 Å². The summed E-state index contributed by atoms with van der Waals surface area (Å²) in [5, 5.41) is 4.79. The Bertz CT molecular complexity index is 719. The summed E-state index contributed by atoms with van der Waals surface area (Å²) >= 11 is 6.05. The monoisotopic (exact) mass is 334 g/mol. The summed E-state index contributed by atoms with van der Waals surface area (Å²) in [5.74, 6) is -0.0393. The molecule has 0 spiro atoms. The van der Waals surface area contributed by atoms with Crippen molar-refractivity contribution in [3.05, 3.63) is 35.0 Å². The maximum atomic E-state index is 12.6. The molecule has 3 rings (SSSR count). The zero-order valence-electron chi connectivity index (χ0n) is 13.7. The van der Waals surface area contributed by atoms with E-state index in [2.05, 4.69) is 5.32 Å². The Balaban J connectivity index is 1.72. The number of rotatable bonds is 6. The highest BCUT2D eigenvalue weighted by atomic mass is 35.5. The van der Waals surface area contributed by atoms with Gasteiger partial charge in [-0.3, -0.25) is 4.79 Å². The molecule has 0 radical (unpaired) electrons. The van der Waals surface area contributed by atoms with Gasteiger partial charge in [-0.25, -0.2) is 0 Å². The Morgan fingerprint density at radius 1 is 1.39 bits per heavy atom. The van der Waals surface area contributed by atoms with Crippen molar-refractivity contribution in [3.63, 3.8) is 0 Å². The van der Waals surface area contributed by atoms with Gasteiger partial charge in [-0.15, -0.1) is 0 Å². The van der Waals surface area contributed by atoms with Crippen molar-refractivity contribution in [2.45, 2.75) is 26.2 Å². The van der Waals surface area contributed by atoms with Gasteiger partial charge in [-0.2, -0.15) is 0 Å². The average Bonchev–Trinajstić information content (AvgIpc) is 2.82. The Kier molecular flexibility index (Phi) is 4.64. The number of hydrogen-bond acceptors (Lipinski definition) is 2. The van der Waals surface area contributed by atoms with E-state index in [1.165, 1.54) is 6.42 Å². The summed E-state index contributed by atoms with van der Waals surface area (Å²) in [6.07, 6.45) is 3.46. The molecule has 2 aromatic rings.